The molecule has 1 amide bonds. The maximum atomic E-state index is 13.2. The molecular formula is C18H14ClFN4O. The van der Waals surface area contributed by atoms with Gasteiger partial charge in [-0.05, 0) is 35.9 Å². The maximum absolute atomic E-state index is 13.2. The molecule has 0 bridgehead atoms. The fraction of sp³-hybridized carbons (Fsp3) is 0.0556. The van der Waals surface area contributed by atoms with E-state index in [0.29, 0.717) is 23.1 Å². The van der Waals surface area contributed by atoms with Gasteiger partial charge in [0.2, 0.25) is 0 Å². The standard InChI is InChI=1S/C18H14ClFN4O/c19-13-6-4-12(5-7-13)9-23-18(25)16-10-22-17(11-21-16)24-15-3-1-2-14(20)8-15/h1-8,10-11H,9H2,(H,22,24)(H,23,25). The highest BCUT2D eigenvalue weighted by atomic mass is 35.5. The summed E-state index contributed by atoms with van der Waals surface area (Å²) in [5.41, 5.74) is 1.67. The lowest BCUT2D eigenvalue weighted by atomic mass is 10.2. The number of anilines is 2. The van der Waals surface area contributed by atoms with Crippen LogP contribution in [0.25, 0.3) is 0 Å². The Morgan fingerprint density at radius 3 is 2.56 bits per heavy atom. The zero-order valence-electron chi connectivity index (χ0n) is 13.0. The SMILES string of the molecule is O=C(NCc1ccc(Cl)cc1)c1cnc(Nc2cccc(F)c2)cn1. The summed E-state index contributed by atoms with van der Waals surface area (Å²) in [4.78, 5) is 20.3. The van der Waals surface area contributed by atoms with Crippen molar-refractivity contribution < 1.29 is 9.18 Å². The molecule has 126 valence electrons. The van der Waals surface area contributed by atoms with E-state index in [1.54, 1.807) is 24.3 Å². The van der Waals surface area contributed by atoms with Crippen molar-refractivity contribution in [2.45, 2.75) is 6.54 Å². The molecule has 3 aromatic rings. The van der Waals surface area contributed by atoms with Gasteiger partial charge in [0.05, 0.1) is 12.4 Å². The Morgan fingerprint density at radius 2 is 1.88 bits per heavy atom. The Kier molecular flexibility index (Phi) is 5.20. The van der Waals surface area contributed by atoms with Crippen molar-refractivity contribution in [1.82, 2.24) is 15.3 Å². The number of carbonyl (C=O) groups excluding carboxylic acids is 1. The number of aromatic nitrogens is 2. The van der Waals surface area contributed by atoms with Crippen molar-refractivity contribution >= 4 is 29.0 Å². The summed E-state index contributed by atoms with van der Waals surface area (Å²) < 4.78 is 13.2. The molecule has 0 saturated carbocycles. The average molecular weight is 357 g/mol. The van der Waals surface area contributed by atoms with Gasteiger partial charge >= 0.3 is 0 Å². The molecule has 25 heavy (non-hydrogen) atoms. The van der Waals surface area contributed by atoms with Crippen LogP contribution in [-0.4, -0.2) is 15.9 Å². The lowest BCUT2D eigenvalue weighted by Gasteiger charge is -2.07. The van der Waals surface area contributed by atoms with Crippen molar-refractivity contribution in [3.05, 3.63) is 83.0 Å². The van der Waals surface area contributed by atoms with Gasteiger partial charge in [-0.25, -0.2) is 14.4 Å². The number of amides is 1. The number of nitrogens with one attached hydrogen (secondary N) is 2. The van der Waals surface area contributed by atoms with Gasteiger partial charge in [0.15, 0.2) is 0 Å². The summed E-state index contributed by atoms with van der Waals surface area (Å²) in [7, 11) is 0. The van der Waals surface area contributed by atoms with Crippen molar-refractivity contribution in [1.29, 1.82) is 0 Å². The van der Waals surface area contributed by atoms with Crippen LogP contribution in [0.1, 0.15) is 16.1 Å². The molecule has 2 aromatic carbocycles. The first kappa shape index (κ1) is 16.9. The van der Waals surface area contributed by atoms with E-state index in [1.165, 1.54) is 24.5 Å². The number of nitrogens with zero attached hydrogens (tertiary/aromatic N) is 2. The van der Waals surface area contributed by atoms with Crippen LogP contribution in [0.4, 0.5) is 15.9 Å². The van der Waals surface area contributed by atoms with Gasteiger partial charge in [0.1, 0.15) is 17.3 Å². The fourth-order valence-corrected chi connectivity index (χ4v) is 2.23. The Labute approximate surface area is 148 Å². The number of rotatable bonds is 5. The zero-order valence-corrected chi connectivity index (χ0v) is 13.8. The Bertz CT molecular complexity index is 869. The molecule has 0 atom stereocenters. The van der Waals surface area contributed by atoms with E-state index >= 15 is 0 Å². The Balaban J connectivity index is 1.59. The second-order valence-corrected chi connectivity index (χ2v) is 5.67. The predicted molar refractivity (Wildman–Crippen MR) is 94.3 cm³/mol. The summed E-state index contributed by atoms with van der Waals surface area (Å²) in [5.74, 6) is -0.268. The van der Waals surface area contributed by atoms with E-state index in [9.17, 15) is 9.18 Å². The third kappa shape index (κ3) is 4.74. The van der Waals surface area contributed by atoms with Crippen LogP contribution >= 0.6 is 11.6 Å². The van der Waals surface area contributed by atoms with Gasteiger partial charge in [-0.3, -0.25) is 4.79 Å². The molecule has 1 heterocycles. The zero-order chi connectivity index (χ0) is 17.6. The molecule has 2 N–H and O–H groups in total. The van der Waals surface area contributed by atoms with E-state index in [0.717, 1.165) is 5.56 Å². The van der Waals surface area contributed by atoms with E-state index < -0.39 is 0 Å². The summed E-state index contributed by atoms with van der Waals surface area (Å²) in [5, 5.41) is 6.31. The van der Waals surface area contributed by atoms with Crippen LogP contribution in [0.2, 0.25) is 5.02 Å². The molecular weight excluding hydrogens is 343 g/mol. The molecule has 5 nitrogen and oxygen atoms in total. The molecule has 3 rings (SSSR count). The van der Waals surface area contributed by atoms with Gasteiger partial charge in [0, 0.05) is 17.3 Å². The summed E-state index contributed by atoms with van der Waals surface area (Å²) >= 11 is 5.82. The maximum Gasteiger partial charge on any atom is 0.271 e. The van der Waals surface area contributed by atoms with Gasteiger partial charge < -0.3 is 10.6 Å². The van der Waals surface area contributed by atoms with E-state index in [4.69, 9.17) is 11.6 Å². The first-order valence-corrected chi connectivity index (χ1v) is 7.85. The normalized spacial score (nSPS) is 10.3. The fourth-order valence-electron chi connectivity index (χ4n) is 2.10. The van der Waals surface area contributed by atoms with Gasteiger partial charge in [0.25, 0.3) is 5.91 Å². The van der Waals surface area contributed by atoms with E-state index in [2.05, 4.69) is 20.6 Å². The minimum Gasteiger partial charge on any atom is -0.347 e. The highest BCUT2D eigenvalue weighted by Crippen LogP contribution is 2.14. The van der Waals surface area contributed by atoms with Crippen molar-refractivity contribution in [3.63, 3.8) is 0 Å². The lowest BCUT2D eigenvalue weighted by Crippen LogP contribution is -2.24. The second-order valence-electron chi connectivity index (χ2n) is 5.23. The van der Waals surface area contributed by atoms with Crippen molar-refractivity contribution in [3.8, 4) is 0 Å². The monoisotopic (exact) mass is 356 g/mol. The van der Waals surface area contributed by atoms with Crippen molar-refractivity contribution in [2.24, 2.45) is 0 Å². The number of halogens is 2. The third-order valence-electron chi connectivity index (χ3n) is 3.35. The smallest absolute Gasteiger partial charge is 0.271 e. The molecule has 0 aliphatic rings. The van der Waals surface area contributed by atoms with Gasteiger partial charge in [-0.1, -0.05) is 29.8 Å². The number of hydrogen-bond donors (Lipinski definition) is 2. The number of benzene rings is 2. The quantitative estimate of drug-likeness (QED) is 0.726. The Hall–Kier alpha value is -2.99. The number of carbonyl (C=O) groups is 1. The largest absolute Gasteiger partial charge is 0.347 e. The Morgan fingerprint density at radius 1 is 1.08 bits per heavy atom. The van der Waals surface area contributed by atoms with Crippen LogP contribution in [-0.2, 0) is 6.54 Å². The van der Waals surface area contributed by atoms with Gasteiger partial charge in [-0.15, -0.1) is 0 Å². The average Bonchev–Trinajstić information content (AvgIpc) is 2.62. The van der Waals surface area contributed by atoms with Crippen LogP contribution in [0.3, 0.4) is 0 Å². The molecule has 0 aliphatic carbocycles. The van der Waals surface area contributed by atoms with Gasteiger partial charge in [-0.2, -0.15) is 0 Å². The summed E-state index contributed by atoms with van der Waals surface area (Å²) in [6.07, 6.45) is 2.78. The summed E-state index contributed by atoms with van der Waals surface area (Å²) in [6.45, 7) is 0.362. The minimum atomic E-state index is -0.351. The van der Waals surface area contributed by atoms with Crippen LogP contribution in [0, 0.1) is 5.82 Å². The molecule has 0 aliphatic heterocycles. The highest BCUT2D eigenvalue weighted by molar-refractivity contribution is 6.30. The highest BCUT2D eigenvalue weighted by Gasteiger charge is 2.08. The molecule has 0 spiro atoms. The second kappa shape index (κ2) is 7.72. The molecule has 1 aromatic heterocycles. The molecule has 0 fully saturated rings. The third-order valence-corrected chi connectivity index (χ3v) is 3.60. The topological polar surface area (TPSA) is 66.9 Å². The van der Waals surface area contributed by atoms with E-state index in [-0.39, 0.29) is 17.4 Å². The van der Waals surface area contributed by atoms with Crippen LogP contribution in [0.15, 0.2) is 60.9 Å². The number of hydrogen-bond acceptors (Lipinski definition) is 4. The molecule has 0 unspecified atom stereocenters. The first-order chi connectivity index (χ1) is 12.1. The van der Waals surface area contributed by atoms with Crippen LogP contribution < -0.4 is 10.6 Å². The lowest BCUT2D eigenvalue weighted by molar-refractivity contribution is 0.0945. The summed E-state index contributed by atoms with van der Waals surface area (Å²) in [6, 6.07) is 13.2. The van der Waals surface area contributed by atoms with E-state index in [1.807, 2.05) is 12.1 Å². The minimum absolute atomic E-state index is 0.193. The molecule has 7 heteroatoms. The predicted octanol–water partition coefficient (Wildman–Crippen LogP) is 3.94. The van der Waals surface area contributed by atoms with Crippen molar-refractivity contribution in [2.75, 3.05) is 5.32 Å². The first-order valence-electron chi connectivity index (χ1n) is 7.47. The molecule has 0 radical (unpaired) electrons. The molecule has 0 saturated heterocycles. The van der Waals surface area contributed by atoms with Crippen LogP contribution in [0.5, 0.6) is 0 Å².